The second-order valence-electron chi connectivity index (χ2n) is 6.69. The molecule has 0 saturated heterocycles. The largest absolute Gasteiger partial charge is 0.491 e. The molecule has 1 amide bonds. The molecule has 0 aliphatic rings. The molecule has 1 rings (SSSR count). The summed E-state index contributed by atoms with van der Waals surface area (Å²) >= 11 is 0. The van der Waals surface area contributed by atoms with Crippen LogP contribution >= 0.6 is 0 Å². The van der Waals surface area contributed by atoms with Crippen molar-refractivity contribution in [3.63, 3.8) is 0 Å². The van der Waals surface area contributed by atoms with Crippen molar-refractivity contribution < 1.29 is 9.53 Å². The van der Waals surface area contributed by atoms with Crippen molar-refractivity contribution >= 4 is 5.91 Å². The lowest BCUT2D eigenvalue weighted by molar-refractivity contribution is -0.123. The van der Waals surface area contributed by atoms with Crippen LogP contribution in [-0.2, 0) is 10.2 Å². The number of carbonyl (C=O) groups excluding carboxylic acids is 1. The Morgan fingerprint density at radius 2 is 1.90 bits per heavy atom. The number of hydrogen-bond acceptors (Lipinski definition) is 3. The lowest BCUT2D eigenvalue weighted by Crippen LogP contribution is -2.51. The summed E-state index contributed by atoms with van der Waals surface area (Å²) in [5.41, 5.74) is 11.3. The predicted molar refractivity (Wildman–Crippen MR) is 81.6 cm³/mol. The lowest BCUT2D eigenvalue weighted by Gasteiger charge is -2.26. The van der Waals surface area contributed by atoms with Crippen LogP contribution in [0.25, 0.3) is 0 Å². The third-order valence-electron chi connectivity index (χ3n) is 3.31. The molecule has 0 aromatic heterocycles. The van der Waals surface area contributed by atoms with Gasteiger partial charge < -0.3 is 16.2 Å². The second kappa shape index (κ2) is 5.83. The highest BCUT2D eigenvalue weighted by atomic mass is 16.5. The molecular weight excluding hydrogens is 252 g/mol. The Labute approximate surface area is 121 Å². The first-order valence-electron chi connectivity index (χ1n) is 6.88. The van der Waals surface area contributed by atoms with Crippen molar-refractivity contribution in [2.75, 3.05) is 0 Å². The summed E-state index contributed by atoms with van der Waals surface area (Å²) in [7, 11) is 0. The van der Waals surface area contributed by atoms with Gasteiger partial charge in [-0.1, -0.05) is 32.9 Å². The minimum atomic E-state index is -1.05. The summed E-state index contributed by atoms with van der Waals surface area (Å²) in [6.07, 6.45) is 0.190. The molecule has 0 radical (unpaired) electrons. The zero-order valence-corrected chi connectivity index (χ0v) is 13.1. The molecule has 0 bridgehead atoms. The number of rotatable bonds is 5. The van der Waals surface area contributed by atoms with Crippen LogP contribution in [0.15, 0.2) is 24.3 Å². The lowest BCUT2D eigenvalue weighted by atomic mass is 9.87. The summed E-state index contributed by atoms with van der Waals surface area (Å²) in [6, 6.07) is 7.98. The molecule has 4 nitrogen and oxygen atoms in total. The fourth-order valence-corrected chi connectivity index (χ4v) is 2.01. The van der Waals surface area contributed by atoms with E-state index in [1.54, 1.807) is 6.92 Å². The van der Waals surface area contributed by atoms with Crippen LogP contribution in [0.5, 0.6) is 5.75 Å². The molecule has 0 aliphatic heterocycles. The fourth-order valence-electron chi connectivity index (χ4n) is 2.01. The van der Waals surface area contributed by atoms with Crippen LogP contribution in [0.2, 0.25) is 0 Å². The van der Waals surface area contributed by atoms with Gasteiger partial charge in [-0.15, -0.1) is 0 Å². The number of primary amides is 1. The van der Waals surface area contributed by atoms with Gasteiger partial charge in [-0.2, -0.15) is 0 Å². The maximum Gasteiger partial charge on any atom is 0.237 e. The van der Waals surface area contributed by atoms with E-state index in [2.05, 4.69) is 26.8 Å². The zero-order valence-electron chi connectivity index (χ0n) is 13.1. The molecule has 0 heterocycles. The Hall–Kier alpha value is -1.55. The highest BCUT2D eigenvalue weighted by Gasteiger charge is 2.28. The van der Waals surface area contributed by atoms with Crippen LogP contribution in [0, 0.1) is 0 Å². The van der Waals surface area contributed by atoms with Crippen molar-refractivity contribution in [1.82, 2.24) is 0 Å². The Bertz CT molecular complexity index is 476. The summed E-state index contributed by atoms with van der Waals surface area (Å²) < 4.78 is 5.85. The first kappa shape index (κ1) is 16.5. The highest BCUT2D eigenvalue weighted by molar-refractivity contribution is 5.83. The Morgan fingerprint density at radius 3 is 2.40 bits per heavy atom. The molecule has 4 N–H and O–H groups in total. The third-order valence-corrected chi connectivity index (χ3v) is 3.31. The van der Waals surface area contributed by atoms with Gasteiger partial charge in [-0.25, -0.2) is 0 Å². The van der Waals surface area contributed by atoms with E-state index in [4.69, 9.17) is 16.2 Å². The second-order valence-corrected chi connectivity index (χ2v) is 6.69. The van der Waals surface area contributed by atoms with E-state index < -0.39 is 11.4 Å². The Balaban J connectivity index is 2.77. The van der Waals surface area contributed by atoms with E-state index >= 15 is 0 Å². The van der Waals surface area contributed by atoms with Crippen LogP contribution in [0.1, 0.15) is 46.6 Å². The quantitative estimate of drug-likeness (QED) is 0.867. The molecule has 112 valence electrons. The first-order chi connectivity index (χ1) is 9.02. The average Bonchev–Trinajstić information content (AvgIpc) is 2.26. The fraction of sp³-hybridized carbons (Fsp3) is 0.562. The minimum Gasteiger partial charge on any atom is -0.491 e. The number of benzene rings is 1. The van der Waals surface area contributed by atoms with Gasteiger partial charge in [0, 0.05) is 6.42 Å². The van der Waals surface area contributed by atoms with Crippen molar-refractivity contribution in [1.29, 1.82) is 0 Å². The van der Waals surface area contributed by atoms with E-state index in [1.165, 1.54) is 5.56 Å². The molecular formula is C16H26N2O2. The molecule has 1 aromatic carbocycles. The number of nitrogens with two attached hydrogens (primary N) is 2. The third kappa shape index (κ3) is 4.53. The molecule has 0 spiro atoms. The van der Waals surface area contributed by atoms with E-state index in [1.807, 2.05) is 25.1 Å². The molecule has 0 aliphatic carbocycles. The smallest absolute Gasteiger partial charge is 0.237 e. The average molecular weight is 278 g/mol. The number of carbonyl (C=O) groups is 1. The molecule has 20 heavy (non-hydrogen) atoms. The van der Waals surface area contributed by atoms with Crippen LogP contribution in [0.4, 0.5) is 0 Å². The molecule has 0 saturated carbocycles. The van der Waals surface area contributed by atoms with Crippen LogP contribution in [0.3, 0.4) is 0 Å². The maximum atomic E-state index is 11.2. The van der Waals surface area contributed by atoms with Crippen molar-refractivity contribution in [2.45, 2.75) is 58.1 Å². The van der Waals surface area contributed by atoms with Gasteiger partial charge in [0.25, 0.3) is 0 Å². The molecule has 2 unspecified atom stereocenters. The predicted octanol–water partition coefficient (Wildman–Crippen LogP) is 2.34. The van der Waals surface area contributed by atoms with Gasteiger partial charge in [-0.05, 0) is 37.0 Å². The first-order valence-corrected chi connectivity index (χ1v) is 6.88. The monoisotopic (exact) mass is 278 g/mol. The van der Waals surface area contributed by atoms with E-state index in [-0.39, 0.29) is 11.5 Å². The van der Waals surface area contributed by atoms with Crippen molar-refractivity contribution in [3.8, 4) is 5.75 Å². The number of amides is 1. The van der Waals surface area contributed by atoms with Gasteiger partial charge >= 0.3 is 0 Å². The molecule has 0 fully saturated rings. The van der Waals surface area contributed by atoms with Crippen LogP contribution in [-0.4, -0.2) is 17.6 Å². The van der Waals surface area contributed by atoms with Gasteiger partial charge in [0.15, 0.2) is 0 Å². The summed E-state index contributed by atoms with van der Waals surface area (Å²) in [5, 5.41) is 0. The summed E-state index contributed by atoms with van der Waals surface area (Å²) in [5.74, 6) is 0.265. The summed E-state index contributed by atoms with van der Waals surface area (Å²) in [4.78, 5) is 11.2. The van der Waals surface area contributed by atoms with Crippen LogP contribution < -0.4 is 16.2 Å². The Morgan fingerprint density at radius 1 is 1.30 bits per heavy atom. The Kier molecular flexibility index (Phi) is 4.81. The van der Waals surface area contributed by atoms with E-state index in [0.717, 1.165) is 5.75 Å². The van der Waals surface area contributed by atoms with Gasteiger partial charge in [0.2, 0.25) is 5.91 Å². The van der Waals surface area contributed by atoms with Gasteiger partial charge in [0.05, 0.1) is 11.6 Å². The van der Waals surface area contributed by atoms with Crippen molar-refractivity contribution in [3.05, 3.63) is 29.8 Å². The molecule has 4 heteroatoms. The maximum absolute atomic E-state index is 11.2. The van der Waals surface area contributed by atoms with Gasteiger partial charge in [0.1, 0.15) is 5.75 Å². The standard InChI is InChI=1S/C16H26N2O2/c1-11(10-16(5,18)14(17)19)20-13-8-6-7-12(9-13)15(2,3)4/h6-9,11H,10,18H2,1-5H3,(H2,17,19). The zero-order chi connectivity index (χ0) is 15.6. The molecule has 1 aromatic rings. The highest BCUT2D eigenvalue weighted by Crippen LogP contribution is 2.26. The normalized spacial score (nSPS) is 16.3. The summed E-state index contributed by atoms with van der Waals surface area (Å²) in [6.45, 7) is 9.97. The van der Waals surface area contributed by atoms with Gasteiger partial charge in [-0.3, -0.25) is 4.79 Å². The minimum absolute atomic E-state index is 0.0677. The topological polar surface area (TPSA) is 78.3 Å². The van der Waals surface area contributed by atoms with E-state index in [9.17, 15) is 4.79 Å². The number of ether oxygens (including phenoxy) is 1. The molecule has 2 atom stereocenters. The number of hydrogen-bond donors (Lipinski definition) is 2. The van der Waals surface area contributed by atoms with Crippen molar-refractivity contribution in [2.24, 2.45) is 11.5 Å². The SMILES string of the molecule is CC(CC(C)(N)C(N)=O)Oc1cccc(C(C)(C)C)c1. The van der Waals surface area contributed by atoms with E-state index in [0.29, 0.717) is 6.42 Å².